The van der Waals surface area contributed by atoms with Gasteiger partial charge in [0.15, 0.2) is 0 Å². The van der Waals surface area contributed by atoms with Crippen molar-refractivity contribution in [2.75, 3.05) is 43.6 Å². The molecule has 1 N–H and O–H groups in total. The van der Waals surface area contributed by atoms with Gasteiger partial charge in [-0.05, 0) is 18.2 Å². The standard InChI is InChI=1S/C15H16N4O/c1-17-15-11(9-16)10-18-14-3-2-12(8-13(14)15)19-4-6-20-7-5-19/h2-3,8,10H,4-7H2,1H3,(H,17,18). The van der Waals surface area contributed by atoms with Gasteiger partial charge in [-0.2, -0.15) is 5.26 Å². The molecule has 0 saturated carbocycles. The molecule has 0 bridgehead atoms. The number of aromatic nitrogens is 1. The number of pyridine rings is 1. The minimum Gasteiger partial charge on any atom is -0.386 e. The third-order valence-electron chi connectivity index (χ3n) is 3.60. The molecule has 2 heterocycles. The minimum absolute atomic E-state index is 0.569. The van der Waals surface area contributed by atoms with Crippen molar-refractivity contribution >= 4 is 22.3 Å². The van der Waals surface area contributed by atoms with Gasteiger partial charge in [0.25, 0.3) is 0 Å². The van der Waals surface area contributed by atoms with Crippen LogP contribution in [0, 0.1) is 11.3 Å². The molecule has 5 nitrogen and oxygen atoms in total. The van der Waals surface area contributed by atoms with Crippen molar-refractivity contribution in [3.8, 4) is 6.07 Å². The summed E-state index contributed by atoms with van der Waals surface area (Å²) in [6, 6.07) is 8.35. The van der Waals surface area contributed by atoms with E-state index in [1.54, 1.807) is 6.20 Å². The molecule has 1 saturated heterocycles. The van der Waals surface area contributed by atoms with Crippen LogP contribution in [0.4, 0.5) is 11.4 Å². The van der Waals surface area contributed by atoms with E-state index >= 15 is 0 Å². The van der Waals surface area contributed by atoms with Gasteiger partial charge in [-0.15, -0.1) is 0 Å². The number of hydrogen-bond acceptors (Lipinski definition) is 5. The number of nitrogens with one attached hydrogen (secondary N) is 1. The van der Waals surface area contributed by atoms with Gasteiger partial charge >= 0.3 is 0 Å². The highest BCUT2D eigenvalue weighted by atomic mass is 16.5. The molecule has 0 spiro atoms. The van der Waals surface area contributed by atoms with Crippen LogP contribution in [-0.2, 0) is 4.74 Å². The van der Waals surface area contributed by atoms with E-state index < -0.39 is 0 Å². The number of hydrogen-bond donors (Lipinski definition) is 1. The van der Waals surface area contributed by atoms with Crippen molar-refractivity contribution in [2.24, 2.45) is 0 Å². The van der Waals surface area contributed by atoms with Crippen LogP contribution in [0.25, 0.3) is 10.9 Å². The molecule has 1 fully saturated rings. The molecule has 0 amide bonds. The van der Waals surface area contributed by atoms with Gasteiger partial charge < -0.3 is 15.0 Å². The second-order valence-corrected chi connectivity index (χ2v) is 4.71. The first kappa shape index (κ1) is 12.7. The fourth-order valence-corrected chi connectivity index (χ4v) is 2.55. The number of nitrogens with zero attached hydrogens (tertiary/aromatic N) is 3. The van der Waals surface area contributed by atoms with Crippen molar-refractivity contribution in [3.05, 3.63) is 30.0 Å². The minimum atomic E-state index is 0.569. The summed E-state index contributed by atoms with van der Waals surface area (Å²) in [7, 11) is 1.83. The van der Waals surface area contributed by atoms with Crippen LogP contribution in [0.5, 0.6) is 0 Å². The predicted octanol–water partition coefficient (Wildman–Crippen LogP) is 1.98. The van der Waals surface area contributed by atoms with E-state index in [9.17, 15) is 5.26 Å². The Labute approximate surface area is 117 Å². The Morgan fingerprint density at radius 3 is 2.85 bits per heavy atom. The van der Waals surface area contributed by atoms with E-state index in [4.69, 9.17) is 4.74 Å². The molecule has 2 aromatic rings. The largest absolute Gasteiger partial charge is 0.386 e. The van der Waals surface area contributed by atoms with Crippen molar-refractivity contribution in [1.29, 1.82) is 5.26 Å². The van der Waals surface area contributed by atoms with E-state index in [2.05, 4.69) is 33.4 Å². The van der Waals surface area contributed by atoms with E-state index in [0.29, 0.717) is 5.56 Å². The normalized spacial score (nSPS) is 15.1. The monoisotopic (exact) mass is 268 g/mol. The van der Waals surface area contributed by atoms with Gasteiger partial charge in [-0.25, -0.2) is 0 Å². The Morgan fingerprint density at radius 2 is 2.15 bits per heavy atom. The first-order valence-electron chi connectivity index (χ1n) is 6.67. The van der Waals surface area contributed by atoms with Gasteiger partial charge in [-0.3, -0.25) is 4.98 Å². The fourth-order valence-electron chi connectivity index (χ4n) is 2.55. The molecule has 102 valence electrons. The summed E-state index contributed by atoms with van der Waals surface area (Å²) in [5.41, 5.74) is 3.45. The lowest BCUT2D eigenvalue weighted by Gasteiger charge is -2.29. The smallest absolute Gasteiger partial charge is 0.103 e. The fraction of sp³-hybridized carbons (Fsp3) is 0.333. The Bertz CT molecular complexity index is 671. The molecule has 1 aromatic carbocycles. The number of benzene rings is 1. The Hall–Kier alpha value is -2.32. The van der Waals surface area contributed by atoms with Gasteiger partial charge in [0, 0.05) is 37.4 Å². The van der Waals surface area contributed by atoms with Crippen molar-refractivity contribution in [3.63, 3.8) is 0 Å². The second kappa shape index (κ2) is 5.35. The van der Waals surface area contributed by atoms with Crippen molar-refractivity contribution < 1.29 is 4.74 Å². The van der Waals surface area contributed by atoms with Crippen molar-refractivity contribution in [1.82, 2.24) is 4.98 Å². The maximum absolute atomic E-state index is 9.17. The Kier molecular flexibility index (Phi) is 3.40. The quantitative estimate of drug-likeness (QED) is 0.902. The molecular formula is C15H16N4O. The number of ether oxygens (including phenoxy) is 1. The molecular weight excluding hydrogens is 252 g/mol. The maximum atomic E-state index is 9.17. The number of nitriles is 1. The van der Waals surface area contributed by atoms with Crippen LogP contribution >= 0.6 is 0 Å². The lowest BCUT2D eigenvalue weighted by atomic mass is 10.1. The maximum Gasteiger partial charge on any atom is 0.103 e. The topological polar surface area (TPSA) is 61.2 Å². The number of fused-ring (bicyclic) bond motifs is 1. The molecule has 0 aliphatic carbocycles. The lowest BCUT2D eigenvalue weighted by molar-refractivity contribution is 0.122. The Balaban J connectivity index is 2.11. The van der Waals surface area contributed by atoms with Crippen LogP contribution in [0.3, 0.4) is 0 Å². The van der Waals surface area contributed by atoms with Crippen LogP contribution in [-0.4, -0.2) is 38.3 Å². The summed E-state index contributed by atoms with van der Waals surface area (Å²) >= 11 is 0. The molecule has 0 atom stereocenters. The van der Waals surface area contributed by atoms with Gasteiger partial charge in [0.1, 0.15) is 6.07 Å². The molecule has 1 aromatic heterocycles. The molecule has 1 aliphatic rings. The summed E-state index contributed by atoms with van der Waals surface area (Å²) in [5.74, 6) is 0. The van der Waals surface area contributed by atoms with Crippen molar-refractivity contribution in [2.45, 2.75) is 0 Å². The van der Waals surface area contributed by atoms with Gasteiger partial charge in [0.2, 0.25) is 0 Å². The number of morpholine rings is 1. The predicted molar refractivity (Wildman–Crippen MR) is 79.0 cm³/mol. The molecule has 5 heteroatoms. The third-order valence-corrected chi connectivity index (χ3v) is 3.60. The van der Waals surface area contributed by atoms with E-state index in [-0.39, 0.29) is 0 Å². The molecule has 1 aliphatic heterocycles. The van der Waals surface area contributed by atoms with E-state index in [1.807, 2.05) is 13.1 Å². The van der Waals surface area contributed by atoms with Crippen LogP contribution < -0.4 is 10.2 Å². The molecule has 20 heavy (non-hydrogen) atoms. The summed E-state index contributed by atoms with van der Waals surface area (Å²) in [6.07, 6.45) is 1.61. The van der Waals surface area contributed by atoms with Crippen LogP contribution in [0.1, 0.15) is 5.56 Å². The third kappa shape index (κ3) is 2.15. The average Bonchev–Trinajstić information content (AvgIpc) is 2.54. The first-order valence-corrected chi connectivity index (χ1v) is 6.67. The Morgan fingerprint density at radius 1 is 1.35 bits per heavy atom. The molecule has 3 rings (SSSR count). The lowest BCUT2D eigenvalue weighted by Crippen LogP contribution is -2.36. The van der Waals surface area contributed by atoms with Crippen LogP contribution in [0.15, 0.2) is 24.4 Å². The van der Waals surface area contributed by atoms with E-state index in [1.165, 1.54) is 0 Å². The number of rotatable bonds is 2. The molecule has 0 unspecified atom stereocenters. The summed E-state index contributed by atoms with van der Waals surface area (Å²) in [5, 5.41) is 13.3. The zero-order valence-electron chi connectivity index (χ0n) is 11.4. The van der Waals surface area contributed by atoms with Crippen LogP contribution in [0.2, 0.25) is 0 Å². The highest BCUT2D eigenvalue weighted by Gasteiger charge is 2.13. The highest BCUT2D eigenvalue weighted by molar-refractivity contribution is 5.96. The molecule has 0 radical (unpaired) electrons. The highest BCUT2D eigenvalue weighted by Crippen LogP contribution is 2.29. The SMILES string of the molecule is CNc1c(C#N)cnc2ccc(N3CCOCC3)cc12. The average molecular weight is 268 g/mol. The number of anilines is 2. The summed E-state index contributed by atoms with van der Waals surface area (Å²) in [4.78, 5) is 6.63. The summed E-state index contributed by atoms with van der Waals surface area (Å²) in [6.45, 7) is 3.30. The summed E-state index contributed by atoms with van der Waals surface area (Å²) < 4.78 is 5.38. The van der Waals surface area contributed by atoms with Gasteiger partial charge in [-0.1, -0.05) is 0 Å². The first-order chi connectivity index (χ1) is 9.83. The second-order valence-electron chi connectivity index (χ2n) is 4.71. The zero-order chi connectivity index (χ0) is 13.9. The van der Waals surface area contributed by atoms with E-state index in [0.717, 1.165) is 48.6 Å². The zero-order valence-corrected chi connectivity index (χ0v) is 11.4. The van der Waals surface area contributed by atoms with Gasteiger partial charge in [0.05, 0.1) is 30.0 Å².